The Morgan fingerprint density at radius 1 is 1.23 bits per heavy atom. The first kappa shape index (κ1) is 21.6. The monoisotopic (exact) mass is 418 g/mol. The van der Waals surface area contributed by atoms with E-state index in [-0.39, 0.29) is 24.2 Å². The Hall–Kier alpha value is -3.14. The Labute approximate surface area is 170 Å². The fourth-order valence-corrected chi connectivity index (χ4v) is 3.09. The van der Waals surface area contributed by atoms with E-state index in [1.54, 1.807) is 12.1 Å². The van der Waals surface area contributed by atoms with Gasteiger partial charge in [-0.15, -0.1) is 0 Å². The second-order valence-corrected chi connectivity index (χ2v) is 7.31. The van der Waals surface area contributed by atoms with Crippen molar-refractivity contribution in [3.63, 3.8) is 0 Å². The molecule has 4 N–H and O–H groups in total. The van der Waals surface area contributed by atoms with Gasteiger partial charge < -0.3 is 34.0 Å². The molecule has 9 nitrogen and oxygen atoms in total. The molecule has 9 heteroatoms. The predicted octanol–water partition coefficient (Wildman–Crippen LogP) is 1.81. The molecular formula is C21H22O9. The fraction of sp³-hybridized carbons (Fsp3) is 0.333. The van der Waals surface area contributed by atoms with E-state index < -0.39 is 29.4 Å². The summed E-state index contributed by atoms with van der Waals surface area (Å²) in [5, 5.41) is 41.0. The first-order valence-electron chi connectivity index (χ1n) is 9.15. The van der Waals surface area contributed by atoms with Gasteiger partial charge in [0.2, 0.25) is 0 Å². The van der Waals surface area contributed by atoms with Crippen LogP contribution < -0.4 is 10.4 Å². The van der Waals surface area contributed by atoms with Gasteiger partial charge in [0.1, 0.15) is 29.6 Å². The number of carboxylic acids is 1. The molecule has 0 spiro atoms. The van der Waals surface area contributed by atoms with Gasteiger partial charge in [-0.3, -0.25) is 0 Å². The van der Waals surface area contributed by atoms with Gasteiger partial charge in [0.15, 0.2) is 0 Å². The average molecular weight is 418 g/mol. The van der Waals surface area contributed by atoms with Crippen molar-refractivity contribution in [2.45, 2.75) is 38.1 Å². The molecule has 0 saturated heterocycles. The van der Waals surface area contributed by atoms with Crippen molar-refractivity contribution in [3.8, 4) is 5.75 Å². The third-order valence-corrected chi connectivity index (χ3v) is 4.81. The second-order valence-electron chi connectivity index (χ2n) is 7.31. The van der Waals surface area contributed by atoms with Gasteiger partial charge in [-0.05, 0) is 32.1 Å². The Kier molecular flexibility index (Phi) is 5.97. The van der Waals surface area contributed by atoms with Gasteiger partial charge in [-0.1, -0.05) is 0 Å². The molecular weight excluding hydrogens is 396 g/mol. The van der Waals surface area contributed by atoms with Crippen LogP contribution in [0.4, 0.5) is 0 Å². The van der Waals surface area contributed by atoms with Crippen LogP contribution in [0.5, 0.6) is 5.75 Å². The third-order valence-electron chi connectivity index (χ3n) is 4.81. The molecule has 30 heavy (non-hydrogen) atoms. The van der Waals surface area contributed by atoms with Crippen LogP contribution in [0.1, 0.15) is 20.3 Å². The Morgan fingerprint density at radius 2 is 1.93 bits per heavy atom. The number of hydrogen-bond acceptors (Lipinski definition) is 8. The van der Waals surface area contributed by atoms with E-state index in [4.69, 9.17) is 18.7 Å². The summed E-state index contributed by atoms with van der Waals surface area (Å²) in [5.41, 5.74) is -1.74. The zero-order valence-corrected chi connectivity index (χ0v) is 16.4. The number of carboxylic acid groups (broad SMARTS) is 1. The van der Waals surface area contributed by atoms with Gasteiger partial charge in [-0.25, -0.2) is 9.59 Å². The van der Waals surface area contributed by atoms with Crippen LogP contribution in [0.25, 0.3) is 21.9 Å². The zero-order valence-electron chi connectivity index (χ0n) is 16.4. The van der Waals surface area contributed by atoms with Crippen molar-refractivity contribution >= 4 is 27.9 Å². The van der Waals surface area contributed by atoms with E-state index in [9.17, 15) is 24.9 Å². The molecule has 0 amide bonds. The number of carbonyl (C=O) groups is 1. The Bertz CT molecular complexity index is 1150. The largest absolute Gasteiger partial charge is 0.489 e. The highest BCUT2D eigenvalue weighted by atomic mass is 16.5. The van der Waals surface area contributed by atoms with Crippen LogP contribution in [0.2, 0.25) is 0 Å². The standard InChI is InChI=1S/C21H22O9/c1-11(20(25)26)7-12(22)9-21(2,27)17(23)10-29-19-13-3-4-18(24)30-16(13)8-15-14(19)5-6-28-15/h3-8,12,17,22-23,27H,9-10H2,1-2H3,(H,25,26)/t12-,17-,21-/m0/s1. The molecule has 2 heterocycles. The topological polar surface area (TPSA) is 151 Å². The molecule has 2 aromatic heterocycles. The Morgan fingerprint density at radius 3 is 2.63 bits per heavy atom. The summed E-state index contributed by atoms with van der Waals surface area (Å²) in [6, 6.07) is 5.97. The third kappa shape index (κ3) is 4.54. The smallest absolute Gasteiger partial charge is 0.336 e. The molecule has 3 rings (SSSR count). The summed E-state index contributed by atoms with van der Waals surface area (Å²) in [7, 11) is 0. The lowest BCUT2D eigenvalue weighted by molar-refractivity contribution is -0.132. The summed E-state index contributed by atoms with van der Waals surface area (Å²) >= 11 is 0. The summed E-state index contributed by atoms with van der Waals surface area (Å²) in [6.45, 7) is 2.28. The van der Waals surface area contributed by atoms with Crippen molar-refractivity contribution in [1.29, 1.82) is 0 Å². The van der Waals surface area contributed by atoms with E-state index in [1.807, 2.05) is 0 Å². The minimum Gasteiger partial charge on any atom is -0.489 e. The molecule has 0 radical (unpaired) electrons. The van der Waals surface area contributed by atoms with E-state index in [2.05, 4.69) is 0 Å². The van der Waals surface area contributed by atoms with E-state index in [0.29, 0.717) is 22.1 Å². The van der Waals surface area contributed by atoms with Crippen LogP contribution >= 0.6 is 0 Å². The molecule has 0 aliphatic heterocycles. The lowest BCUT2D eigenvalue weighted by Crippen LogP contribution is -2.45. The fourth-order valence-electron chi connectivity index (χ4n) is 3.09. The molecule has 0 saturated carbocycles. The normalized spacial score (nSPS) is 16.4. The highest BCUT2D eigenvalue weighted by Crippen LogP contribution is 2.35. The van der Waals surface area contributed by atoms with Crippen molar-refractivity contribution in [2.75, 3.05) is 6.61 Å². The predicted molar refractivity (Wildman–Crippen MR) is 106 cm³/mol. The number of ether oxygens (including phenoxy) is 1. The van der Waals surface area contributed by atoms with Crippen molar-refractivity contribution < 1.29 is 38.8 Å². The van der Waals surface area contributed by atoms with Gasteiger partial charge in [0.25, 0.3) is 0 Å². The van der Waals surface area contributed by atoms with E-state index in [0.717, 1.165) is 6.08 Å². The van der Waals surface area contributed by atoms with Crippen molar-refractivity contribution in [2.24, 2.45) is 0 Å². The summed E-state index contributed by atoms with van der Waals surface area (Å²) < 4.78 is 16.3. The molecule has 0 aliphatic carbocycles. The highest BCUT2D eigenvalue weighted by molar-refractivity contribution is 6.01. The first-order chi connectivity index (χ1) is 14.1. The SMILES string of the molecule is CC(=C[C@H](O)C[C@](C)(O)[C@@H](O)COc1c2ccoc2cc2oc(=O)ccc12)C(=O)O. The molecule has 1 aromatic carbocycles. The first-order valence-corrected chi connectivity index (χ1v) is 9.15. The van der Waals surface area contributed by atoms with Crippen LogP contribution in [-0.2, 0) is 4.79 Å². The van der Waals surface area contributed by atoms with Gasteiger partial charge in [0.05, 0.1) is 28.7 Å². The van der Waals surface area contributed by atoms with Crippen molar-refractivity contribution in [3.05, 3.63) is 52.6 Å². The number of fused-ring (bicyclic) bond motifs is 2. The molecule has 3 aromatic rings. The van der Waals surface area contributed by atoms with Crippen LogP contribution in [0.15, 0.2) is 55.8 Å². The summed E-state index contributed by atoms with van der Waals surface area (Å²) in [6.07, 6.45) is -0.481. The van der Waals surface area contributed by atoms with Crippen LogP contribution in [0, 0.1) is 0 Å². The molecule has 160 valence electrons. The second kappa shape index (κ2) is 8.31. The number of benzene rings is 1. The molecule has 0 bridgehead atoms. The lowest BCUT2D eigenvalue weighted by Gasteiger charge is -2.30. The van der Waals surface area contributed by atoms with Gasteiger partial charge in [0, 0.05) is 24.1 Å². The maximum absolute atomic E-state index is 11.5. The molecule has 3 atom stereocenters. The number of furan rings is 1. The van der Waals surface area contributed by atoms with Gasteiger partial charge in [-0.2, -0.15) is 0 Å². The molecule has 0 fully saturated rings. The van der Waals surface area contributed by atoms with Crippen LogP contribution in [0.3, 0.4) is 0 Å². The summed E-state index contributed by atoms with van der Waals surface area (Å²) in [5.74, 6) is -0.888. The minimum absolute atomic E-state index is 0.0800. The maximum Gasteiger partial charge on any atom is 0.336 e. The molecule has 0 unspecified atom stereocenters. The minimum atomic E-state index is -1.78. The average Bonchev–Trinajstić information content (AvgIpc) is 3.12. The lowest BCUT2D eigenvalue weighted by atomic mass is 9.91. The summed E-state index contributed by atoms with van der Waals surface area (Å²) in [4.78, 5) is 22.4. The number of aliphatic hydroxyl groups excluding tert-OH is 2. The number of aliphatic hydroxyl groups is 3. The van der Waals surface area contributed by atoms with Crippen molar-refractivity contribution in [1.82, 2.24) is 0 Å². The maximum atomic E-state index is 11.5. The number of hydrogen-bond donors (Lipinski definition) is 4. The van der Waals surface area contributed by atoms with E-state index in [1.165, 1.54) is 32.2 Å². The molecule has 0 aliphatic rings. The van der Waals surface area contributed by atoms with Gasteiger partial charge >= 0.3 is 11.6 Å². The van der Waals surface area contributed by atoms with E-state index >= 15 is 0 Å². The highest BCUT2D eigenvalue weighted by Gasteiger charge is 2.33. The number of rotatable bonds is 8. The Balaban J connectivity index is 1.81. The van der Waals surface area contributed by atoms with Crippen LogP contribution in [-0.4, -0.2) is 50.8 Å². The number of aliphatic carboxylic acids is 1. The quantitative estimate of drug-likeness (QED) is 0.317. The zero-order chi connectivity index (χ0) is 22.1.